The monoisotopic (exact) mass is 303 g/mol. The van der Waals surface area contributed by atoms with Crippen LogP contribution >= 0.6 is 0 Å². The molecule has 4 nitrogen and oxygen atoms in total. The number of amides is 1. The Bertz CT molecular complexity index is 611. The third kappa shape index (κ3) is 4.48. The Morgan fingerprint density at radius 1 is 1.09 bits per heavy atom. The predicted octanol–water partition coefficient (Wildman–Crippen LogP) is 3.09. The molecule has 0 heterocycles. The SMILES string of the molecule is COc1ccc(C(C)NC(=O)COc2ccc(F)cc2)cc1. The Morgan fingerprint density at radius 2 is 1.68 bits per heavy atom. The second-order valence-corrected chi connectivity index (χ2v) is 4.80. The topological polar surface area (TPSA) is 47.6 Å². The summed E-state index contributed by atoms with van der Waals surface area (Å²) in [6, 6.07) is 12.9. The molecule has 0 fully saturated rings. The summed E-state index contributed by atoms with van der Waals surface area (Å²) in [4.78, 5) is 11.9. The van der Waals surface area contributed by atoms with Crippen LogP contribution in [-0.2, 0) is 4.79 Å². The van der Waals surface area contributed by atoms with Gasteiger partial charge in [0.15, 0.2) is 6.61 Å². The average molecular weight is 303 g/mol. The smallest absolute Gasteiger partial charge is 0.258 e. The summed E-state index contributed by atoms with van der Waals surface area (Å²) < 4.78 is 23.1. The molecule has 116 valence electrons. The van der Waals surface area contributed by atoms with Crippen LogP contribution in [0.5, 0.6) is 11.5 Å². The lowest BCUT2D eigenvalue weighted by Gasteiger charge is -2.15. The summed E-state index contributed by atoms with van der Waals surface area (Å²) in [5.74, 6) is 0.633. The predicted molar refractivity (Wildman–Crippen MR) is 81.4 cm³/mol. The molecule has 22 heavy (non-hydrogen) atoms. The maximum absolute atomic E-state index is 12.8. The number of carbonyl (C=O) groups is 1. The van der Waals surface area contributed by atoms with E-state index >= 15 is 0 Å². The molecule has 1 amide bonds. The fourth-order valence-corrected chi connectivity index (χ4v) is 1.94. The largest absolute Gasteiger partial charge is 0.497 e. The van der Waals surface area contributed by atoms with Gasteiger partial charge in [0.05, 0.1) is 13.2 Å². The van der Waals surface area contributed by atoms with Gasteiger partial charge in [-0.3, -0.25) is 4.79 Å². The molecule has 2 aromatic rings. The van der Waals surface area contributed by atoms with Crippen LogP contribution in [0.2, 0.25) is 0 Å². The van der Waals surface area contributed by atoms with Crippen molar-refractivity contribution < 1.29 is 18.7 Å². The van der Waals surface area contributed by atoms with Gasteiger partial charge in [-0.25, -0.2) is 4.39 Å². The van der Waals surface area contributed by atoms with Crippen LogP contribution in [-0.4, -0.2) is 19.6 Å². The Kier molecular flexibility index (Phi) is 5.36. The number of halogens is 1. The molecule has 1 unspecified atom stereocenters. The lowest BCUT2D eigenvalue weighted by atomic mass is 10.1. The van der Waals surface area contributed by atoms with Crippen molar-refractivity contribution in [3.05, 3.63) is 59.9 Å². The van der Waals surface area contributed by atoms with E-state index in [-0.39, 0.29) is 24.4 Å². The van der Waals surface area contributed by atoms with Crippen LogP contribution in [0.1, 0.15) is 18.5 Å². The van der Waals surface area contributed by atoms with Crippen LogP contribution in [0.15, 0.2) is 48.5 Å². The van der Waals surface area contributed by atoms with E-state index in [0.29, 0.717) is 5.75 Å². The Labute approximate surface area is 128 Å². The molecule has 0 spiro atoms. The minimum absolute atomic E-state index is 0.119. The summed E-state index contributed by atoms with van der Waals surface area (Å²) in [6.07, 6.45) is 0. The molecule has 0 aliphatic carbocycles. The van der Waals surface area contributed by atoms with Crippen LogP contribution in [0, 0.1) is 5.82 Å². The Hall–Kier alpha value is -2.56. The molecule has 0 aliphatic heterocycles. The van der Waals surface area contributed by atoms with Crippen LogP contribution < -0.4 is 14.8 Å². The number of benzene rings is 2. The first-order valence-electron chi connectivity index (χ1n) is 6.90. The zero-order valence-corrected chi connectivity index (χ0v) is 12.5. The third-order valence-corrected chi connectivity index (χ3v) is 3.18. The summed E-state index contributed by atoms with van der Waals surface area (Å²) in [5.41, 5.74) is 0.968. The van der Waals surface area contributed by atoms with Crippen LogP contribution in [0.25, 0.3) is 0 Å². The molecule has 2 rings (SSSR count). The average Bonchev–Trinajstić information content (AvgIpc) is 2.54. The van der Waals surface area contributed by atoms with Crippen molar-refractivity contribution in [3.63, 3.8) is 0 Å². The highest BCUT2D eigenvalue weighted by Gasteiger charge is 2.10. The highest BCUT2D eigenvalue weighted by Crippen LogP contribution is 2.17. The van der Waals surface area contributed by atoms with E-state index in [4.69, 9.17) is 9.47 Å². The number of ether oxygens (including phenoxy) is 2. The van der Waals surface area contributed by atoms with Gasteiger partial charge in [0, 0.05) is 0 Å². The van der Waals surface area contributed by atoms with Crippen molar-refractivity contribution in [1.82, 2.24) is 5.32 Å². The first kappa shape index (κ1) is 15.8. The molecule has 2 aromatic carbocycles. The fourth-order valence-electron chi connectivity index (χ4n) is 1.94. The highest BCUT2D eigenvalue weighted by atomic mass is 19.1. The van der Waals surface area contributed by atoms with E-state index in [0.717, 1.165) is 11.3 Å². The lowest BCUT2D eigenvalue weighted by Crippen LogP contribution is -2.31. The molecular weight excluding hydrogens is 285 g/mol. The van der Waals surface area contributed by atoms with Crippen molar-refractivity contribution in [2.45, 2.75) is 13.0 Å². The minimum Gasteiger partial charge on any atom is -0.497 e. The van der Waals surface area contributed by atoms with Crippen LogP contribution in [0.4, 0.5) is 4.39 Å². The van der Waals surface area contributed by atoms with Crippen molar-refractivity contribution in [1.29, 1.82) is 0 Å². The molecule has 0 saturated carbocycles. The first-order chi connectivity index (χ1) is 10.6. The molecule has 0 saturated heterocycles. The fraction of sp³-hybridized carbons (Fsp3) is 0.235. The number of nitrogens with one attached hydrogen (secondary N) is 1. The Balaban J connectivity index is 1.83. The Morgan fingerprint density at radius 3 is 2.27 bits per heavy atom. The maximum Gasteiger partial charge on any atom is 0.258 e. The van der Waals surface area contributed by atoms with Gasteiger partial charge < -0.3 is 14.8 Å². The summed E-state index contributed by atoms with van der Waals surface area (Å²) in [6.45, 7) is 1.77. The van der Waals surface area contributed by atoms with E-state index < -0.39 is 0 Å². The molecule has 1 atom stereocenters. The number of methoxy groups -OCH3 is 1. The number of carbonyl (C=O) groups excluding carboxylic acids is 1. The standard InChI is InChI=1S/C17H18FNO3/c1-12(13-3-7-15(21-2)8-4-13)19-17(20)11-22-16-9-5-14(18)6-10-16/h3-10,12H,11H2,1-2H3,(H,19,20). The van der Waals surface area contributed by atoms with E-state index in [1.165, 1.54) is 24.3 Å². The van der Waals surface area contributed by atoms with Gasteiger partial charge in [0.2, 0.25) is 0 Å². The molecular formula is C17H18FNO3. The van der Waals surface area contributed by atoms with Gasteiger partial charge in [-0.05, 0) is 48.9 Å². The second-order valence-electron chi connectivity index (χ2n) is 4.80. The van der Waals surface area contributed by atoms with Gasteiger partial charge in [0.1, 0.15) is 17.3 Å². The second kappa shape index (κ2) is 7.45. The molecule has 0 aliphatic rings. The number of hydrogen-bond acceptors (Lipinski definition) is 3. The van der Waals surface area contributed by atoms with E-state index in [9.17, 15) is 9.18 Å². The first-order valence-corrected chi connectivity index (χ1v) is 6.90. The van der Waals surface area contributed by atoms with Gasteiger partial charge >= 0.3 is 0 Å². The normalized spacial score (nSPS) is 11.6. The molecule has 0 bridgehead atoms. The van der Waals surface area contributed by atoms with Crippen LogP contribution in [0.3, 0.4) is 0 Å². The number of hydrogen-bond donors (Lipinski definition) is 1. The van der Waals surface area contributed by atoms with E-state index in [2.05, 4.69) is 5.32 Å². The third-order valence-electron chi connectivity index (χ3n) is 3.18. The van der Waals surface area contributed by atoms with Crippen molar-refractivity contribution in [3.8, 4) is 11.5 Å². The van der Waals surface area contributed by atoms with Gasteiger partial charge in [-0.2, -0.15) is 0 Å². The highest BCUT2D eigenvalue weighted by molar-refractivity contribution is 5.78. The van der Waals surface area contributed by atoms with E-state index in [1.807, 2.05) is 31.2 Å². The zero-order chi connectivity index (χ0) is 15.9. The van der Waals surface area contributed by atoms with Crippen molar-refractivity contribution in [2.75, 3.05) is 13.7 Å². The molecule has 1 N–H and O–H groups in total. The van der Waals surface area contributed by atoms with Gasteiger partial charge in [-0.15, -0.1) is 0 Å². The van der Waals surface area contributed by atoms with Gasteiger partial charge in [0.25, 0.3) is 5.91 Å². The number of rotatable bonds is 6. The molecule has 0 radical (unpaired) electrons. The van der Waals surface area contributed by atoms with Crippen molar-refractivity contribution >= 4 is 5.91 Å². The van der Waals surface area contributed by atoms with Crippen molar-refractivity contribution in [2.24, 2.45) is 0 Å². The summed E-state index contributed by atoms with van der Waals surface area (Å²) in [7, 11) is 1.60. The quantitative estimate of drug-likeness (QED) is 0.892. The molecule has 0 aromatic heterocycles. The molecule has 5 heteroatoms. The lowest BCUT2D eigenvalue weighted by molar-refractivity contribution is -0.123. The summed E-state index contributed by atoms with van der Waals surface area (Å²) in [5, 5.41) is 2.84. The maximum atomic E-state index is 12.8. The minimum atomic E-state index is -0.343. The van der Waals surface area contributed by atoms with Gasteiger partial charge in [-0.1, -0.05) is 12.1 Å². The summed E-state index contributed by atoms with van der Waals surface area (Å²) >= 11 is 0. The zero-order valence-electron chi connectivity index (χ0n) is 12.5. The van der Waals surface area contributed by atoms with E-state index in [1.54, 1.807) is 7.11 Å².